The summed E-state index contributed by atoms with van der Waals surface area (Å²) in [7, 11) is -5.55. The summed E-state index contributed by atoms with van der Waals surface area (Å²) in [5.41, 5.74) is 0.624. The molecule has 3 atom stereocenters. The van der Waals surface area contributed by atoms with Gasteiger partial charge in [-0.05, 0) is 29.1 Å². The summed E-state index contributed by atoms with van der Waals surface area (Å²) in [6.45, 7) is 18.7. The van der Waals surface area contributed by atoms with Crippen molar-refractivity contribution in [3.63, 3.8) is 0 Å². The fourth-order valence-corrected chi connectivity index (χ4v) is 17.4. The predicted octanol–water partition coefficient (Wildman–Crippen LogP) is 4.17. The van der Waals surface area contributed by atoms with Crippen LogP contribution in [-0.2, 0) is 30.8 Å². The molecule has 14 heteroatoms. The standard InChI is InChI=1S/C27H46FN5O6Si2/c1-17(2)40(18(3)4)36-16-24-23(38-41(39-40,19(5)6)20(7)8)12-25(37-24)32-13-21(9)26(34)33(27(32)35)15-22-14-31(11-10-28)30-29-22/h13-14,17-20,23-25H,10-12,15-16H2,1-9H3/t23-,24+,25+/m0/s1. The molecule has 0 saturated carbocycles. The number of aromatic nitrogens is 5. The minimum Gasteiger partial charge on any atom is -0.414 e. The van der Waals surface area contributed by atoms with Crippen LogP contribution in [0, 0.1) is 6.92 Å². The Hall–Kier alpha value is -1.98. The highest BCUT2D eigenvalue weighted by Crippen LogP contribution is 2.48. The van der Waals surface area contributed by atoms with E-state index in [2.05, 4.69) is 65.7 Å². The van der Waals surface area contributed by atoms with Crippen LogP contribution >= 0.6 is 0 Å². The lowest BCUT2D eigenvalue weighted by Crippen LogP contribution is -2.65. The summed E-state index contributed by atoms with van der Waals surface area (Å²) in [5.74, 6) is 0. The molecule has 0 spiro atoms. The Morgan fingerprint density at radius 1 is 0.976 bits per heavy atom. The zero-order valence-electron chi connectivity index (χ0n) is 25.8. The van der Waals surface area contributed by atoms with Crippen molar-refractivity contribution in [1.29, 1.82) is 0 Å². The maximum atomic E-state index is 13.7. The second-order valence-electron chi connectivity index (χ2n) is 12.6. The molecule has 230 valence electrons. The zero-order valence-corrected chi connectivity index (χ0v) is 27.8. The third kappa shape index (κ3) is 5.96. The highest BCUT2D eigenvalue weighted by atomic mass is 28.5. The van der Waals surface area contributed by atoms with Crippen LogP contribution in [0.3, 0.4) is 0 Å². The molecule has 2 aromatic heterocycles. The van der Waals surface area contributed by atoms with Crippen LogP contribution in [0.4, 0.5) is 4.39 Å². The Bertz CT molecular complexity index is 1310. The number of halogens is 1. The Kier molecular flexibility index (Phi) is 9.61. The van der Waals surface area contributed by atoms with Crippen LogP contribution in [0.5, 0.6) is 0 Å². The van der Waals surface area contributed by atoms with E-state index in [-0.39, 0.29) is 47.5 Å². The van der Waals surface area contributed by atoms with Gasteiger partial charge in [0.25, 0.3) is 5.56 Å². The van der Waals surface area contributed by atoms with Crippen LogP contribution in [0.1, 0.15) is 79.3 Å². The van der Waals surface area contributed by atoms with E-state index in [0.717, 1.165) is 4.57 Å². The molecule has 2 aliphatic heterocycles. The van der Waals surface area contributed by atoms with E-state index in [1.165, 1.54) is 9.25 Å². The van der Waals surface area contributed by atoms with Crippen LogP contribution in [-0.4, -0.2) is 66.7 Å². The molecule has 0 radical (unpaired) electrons. The molecule has 0 aliphatic carbocycles. The molecule has 4 heterocycles. The van der Waals surface area contributed by atoms with Crippen LogP contribution < -0.4 is 11.2 Å². The maximum Gasteiger partial charge on any atom is 0.335 e. The van der Waals surface area contributed by atoms with E-state index in [1.807, 2.05) is 0 Å². The van der Waals surface area contributed by atoms with Gasteiger partial charge >= 0.3 is 22.8 Å². The van der Waals surface area contributed by atoms with E-state index in [1.54, 1.807) is 19.3 Å². The second-order valence-corrected chi connectivity index (χ2v) is 21.4. The van der Waals surface area contributed by atoms with Crippen molar-refractivity contribution in [2.24, 2.45) is 0 Å². The summed E-state index contributed by atoms with van der Waals surface area (Å²) in [4.78, 5) is 26.7. The molecule has 4 rings (SSSR count). The molecule has 0 bridgehead atoms. The molecule has 0 unspecified atom stereocenters. The number of nitrogens with zero attached hydrogens (tertiary/aromatic N) is 5. The highest BCUT2D eigenvalue weighted by molar-refractivity contribution is 6.83. The van der Waals surface area contributed by atoms with Crippen LogP contribution in [0.25, 0.3) is 0 Å². The predicted molar refractivity (Wildman–Crippen MR) is 157 cm³/mol. The molecule has 41 heavy (non-hydrogen) atoms. The molecule has 2 aromatic rings. The van der Waals surface area contributed by atoms with Crippen molar-refractivity contribution in [3.05, 3.63) is 44.5 Å². The average molecular weight is 612 g/mol. The topological polar surface area (TPSA) is 112 Å². The van der Waals surface area contributed by atoms with Gasteiger partial charge in [0.2, 0.25) is 0 Å². The van der Waals surface area contributed by atoms with Crippen molar-refractivity contribution in [1.82, 2.24) is 24.1 Å². The van der Waals surface area contributed by atoms with E-state index in [9.17, 15) is 14.0 Å². The lowest BCUT2D eigenvalue weighted by atomic mass is 10.2. The van der Waals surface area contributed by atoms with Crippen LogP contribution in [0.15, 0.2) is 22.0 Å². The Morgan fingerprint density at radius 3 is 2.20 bits per heavy atom. The number of rotatable bonds is 9. The SMILES string of the molecule is Cc1cn([C@H]2C[C@@H]3O[Si](C(C)C)(C(C)C)O[Si](C(C)C)(C(C)C)OC[C@H]3O2)c(=O)n(Cc2cn(CCF)nn2)c1=O. The first kappa shape index (κ1) is 31.9. The number of aryl methyl sites for hydroxylation is 2. The van der Waals surface area contributed by atoms with Gasteiger partial charge in [0.15, 0.2) is 0 Å². The average Bonchev–Trinajstić information content (AvgIpc) is 3.50. The first-order chi connectivity index (χ1) is 19.3. The summed E-state index contributed by atoms with van der Waals surface area (Å²) >= 11 is 0. The fraction of sp³-hybridized carbons (Fsp3) is 0.778. The van der Waals surface area contributed by atoms with Gasteiger partial charge in [-0.3, -0.25) is 13.9 Å². The Labute approximate surface area is 243 Å². The summed E-state index contributed by atoms with van der Waals surface area (Å²) in [5, 5.41) is 7.88. The third-order valence-corrected chi connectivity index (χ3v) is 18.7. The molecule has 2 aliphatic rings. The number of hydrogen-bond donors (Lipinski definition) is 0. The van der Waals surface area contributed by atoms with Gasteiger partial charge in [-0.2, -0.15) is 0 Å². The van der Waals surface area contributed by atoms with Gasteiger partial charge in [0.1, 0.15) is 24.7 Å². The van der Waals surface area contributed by atoms with Crippen molar-refractivity contribution in [2.75, 3.05) is 13.3 Å². The molecular formula is C27H46FN5O6Si2. The first-order valence-corrected chi connectivity index (χ1v) is 18.6. The monoisotopic (exact) mass is 611 g/mol. The molecule has 2 saturated heterocycles. The van der Waals surface area contributed by atoms with Gasteiger partial charge in [-0.1, -0.05) is 60.6 Å². The van der Waals surface area contributed by atoms with Gasteiger partial charge in [-0.15, -0.1) is 5.10 Å². The minimum atomic E-state index is -2.83. The Balaban J connectivity index is 1.70. The van der Waals surface area contributed by atoms with E-state index < -0.39 is 41.3 Å². The van der Waals surface area contributed by atoms with Crippen LogP contribution in [0.2, 0.25) is 22.2 Å². The van der Waals surface area contributed by atoms with E-state index in [0.29, 0.717) is 24.3 Å². The smallest absolute Gasteiger partial charge is 0.335 e. The second kappa shape index (κ2) is 12.3. The summed E-state index contributed by atoms with van der Waals surface area (Å²) < 4.78 is 44.3. The maximum absolute atomic E-state index is 13.7. The van der Waals surface area contributed by atoms with Crippen molar-refractivity contribution >= 4 is 17.1 Å². The van der Waals surface area contributed by atoms with Crippen molar-refractivity contribution in [2.45, 2.75) is 122 Å². The quantitative estimate of drug-likeness (QED) is 0.389. The molecule has 0 N–H and O–H groups in total. The summed E-state index contributed by atoms with van der Waals surface area (Å²) in [6.07, 6.45) is 2.17. The number of ether oxygens (including phenoxy) is 1. The summed E-state index contributed by atoms with van der Waals surface area (Å²) in [6, 6.07) is 0. The van der Waals surface area contributed by atoms with Gasteiger partial charge in [-0.25, -0.2) is 13.9 Å². The molecule has 0 aromatic carbocycles. The largest absolute Gasteiger partial charge is 0.414 e. The zero-order chi connectivity index (χ0) is 30.3. The third-order valence-electron chi connectivity index (χ3n) is 8.42. The van der Waals surface area contributed by atoms with E-state index in [4.69, 9.17) is 17.7 Å². The van der Waals surface area contributed by atoms with Gasteiger partial charge in [0, 0.05) is 18.2 Å². The van der Waals surface area contributed by atoms with Gasteiger partial charge in [0.05, 0.1) is 32.0 Å². The molecule has 0 amide bonds. The highest BCUT2D eigenvalue weighted by Gasteiger charge is 2.60. The first-order valence-electron chi connectivity index (χ1n) is 14.7. The minimum absolute atomic E-state index is 0.0553. The number of alkyl halides is 1. The molecule has 11 nitrogen and oxygen atoms in total. The lowest BCUT2D eigenvalue weighted by molar-refractivity contribution is -0.0569. The van der Waals surface area contributed by atoms with E-state index >= 15 is 0 Å². The number of fused-ring (bicyclic) bond motifs is 1. The molecule has 2 fully saturated rings. The van der Waals surface area contributed by atoms with Crippen molar-refractivity contribution in [3.8, 4) is 0 Å². The molecular weight excluding hydrogens is 565 g/mol. The Morgan fingerprint density at radius 2 is 1.61 bits per heavy atom. The van der Waals surface area contributed by atoms with Gasteiger partial charge < -0.3 is 17.7 Å². The lowest BCUT2D eigenvalue weighted by Gasteiger charge is -2.51. The normalized spacial score (nSPS) is 24.3. The van der Waals surface area contributed by atoms with Crippen molar-refractivity contribution < 1.29 is 22.1 Å². The number of hydrogen-bond acceptors (Lipinski definition) is 8. The fourth-order valence-electron chi connectivity index (χ4n) is 6.18.